The molecule has 1 amide bonds. The average Bonchev–Trinajstić information content (AvgIpc) is 3.24. The van der Waals surface area contributed by atoms with Crippen molar-refractivity contribution in [3.05, 3.63) is 46.7 Å². The molecule has 10 nitrogen and oxygen atoms in total. The molecule has 1 aromatic carbocycles. The molecule has 0 bridgehead atoms. The molecule has 0 saturated heterocycles. The number of carbonyl (C=O) groups is 3. The second kappa shape index (κ2) is 8.53. The predicted octanol–water partition coefficient (Wildman–Crippen LogP) is 3.22. The van der Waals surface area contributed by atoms with Crippen molar-refractivity contribution in [2.75, 3.05) is 5.01 Å². The lowest BCUT2D eigenvalue weighted by molar-refractivity contribution is -0.143. The first kappa shape index (κ1) is 22.3. The van der Waals surface area contributed by atoms with Crippen LogP contribution in [-0.2, 0) is 9.59 Å². The van der Waals surface area contributed by atoms with Crippen molar-refractivity contribution in [2.24, 2.45) is 11.0 Å². The van der Waals surface area contributed by atoms with Crippen LogP contribution in [0.25, 0.3) is 6.08 Å². The Bertz CT molecular complexity index is 1190. The molecule has 0 spiro atoms. The number of aliphatic carboxylic acids is 1. The zero-order valence-electron chi connectivity index (χ0n) is 18.2. The fourth-order valence-electron chi connectivity index (χ4n) is 4.29. The fraction of sp³-hybridized carbons (Fsp3) is 0.348. The number of benzene rings is 1. The standard InChI is InChI=1S/C23H24N4O6/c1-12-18(20(28)26(24-12)16-7-3-14(4-8-16)22(30)31)11-19-13(2)25-27(21(19)29)17-9-5-15(6-10-17)23(32)33/h3-4,7-8,11,15,17,29H,5-6,9-10H2,1-2H3,(H,30,31)(H,32,33)/b18-11-. The summed E-state index contributed by atoms with van der Waals surface area (Å²) in [6, 6.07) is 5.71. The summed E-state index contributed by atoms with van der Waals surface area (Å²) in [6.07, 6.45) is 3.80. The number of aromatic hydroxyl groups is 1. The molecule has 0 unspecified atom stereocenters. The predicted molar refractivity (Wildman–Crippen MR) is 119 cm³/mol. The smallest absolute Gasteiger partial charge is 0.335 e. The summed E-state index contributed by atoms with van der Waals surface area (Å²) in [5, 5.41) is 39.0. The van der Waals surface area contributed by atoms with Crippen molar-refractivity contribution >= 4 is 35.3 Å². The van der Waals surface area contributed by atoms with Gasteiger partial charge in [0.05, 0.1) is 45.8 Å². The van der Waals surface area contributed by atoms with E-state index < -0.39 is 17.8 Å². The number of aryl methyl sites for hydroxylation is 1. The van der Waals surface area contributed by atoms with Gasteiger partial charge in [-0.25, -0.2) is 9.48 Å². The van der Waals surface area contributed by atoms with Crippen LogP contribution in [0.5, 0.6) is 5.88 Å². The number of carbonyl (C=O) groups excluding carboxylic acids is 1. The number of carboxylic acid groups (broad SMARTS) is 2. The number of hydrogen-bond acceptors (Lipinski definition) is 6. The first-order valence-electron chi connectivity index (χ1n) is 10.6. The van der Waals surface area contributed by atoms with Gasteiger partial charge in [0.1, 0.15) is 0 Å². The van der Waals surface area contributed by atoms with Crippen LogP contribution >= 0.6 is 0 Å². The molecule has 1 aliphatic heterocycles. The van der Waals surface area contributed by atoms with Gasteiger partial charge in [0.25, 0.3) is 5.91 Å². The summed E-state index contributed by atoms with van der Waals surface area (Å²) < 4.78 is 1.52. The molecule has 172 valence electrons. The minimum atomic E-state index is -1.06. The third-order valence-corrected chi connectivity index (χ3v) is 6.21. The van der Waals surface area contributed by atoms with Crippen LogP contribution in [-0.4, -0.2) is 48.7 Å². The fourth-order valence-corrected chi connectivity index (χ4v) is 4.29. The van der Waals surface area contributed by atoms with Crippen molar-refractivity contribution in [1.82, 2.24) is 9.78 Å². The number of hydrogen-bond donors (Lipinski definition) is 3. The Hall–Kier alpha value is -3.95. The van der Waals surface area contributed by atoms with Gasteiger partial charge in [-0.15, -0.1) is 0 Å². The molecule has 0 atom stereocenters. The van der Waals surface area contributed by atoms with Crippen molar-refractivity contribution in [3.63, 3.8) is 0 Å². The summed E-state index contributed by atoms with van der Waals surface area (Å²) in [5.41, 5.74) is 2.24. The highest BCUT2D eigenvalue weighted by Gasteiger charge is 2.32. The van der Waals surface area contributed by atoms with Gasteiger partial charge in [0.2, 0.25) is 5.88 Å². The van der Waals surface area contributed by atoms with Crippen molar-refractivity contribution in [1.29, 1.82) is 0 Å². The normalized spacial score (nSPS) is 22.0. The quantitative estimate of drug-likeness (QED) is 0.591. The molecule has 0 radical (unpaired) electrons. The van der Waals surface area contributed by atoms with Crippen molar-refractivity contribution in [2.45, 2.75) is 45.6 Å². The number of nitrogens with zero attached hydrogens (tertiary/aromatic N) is 4. The maximum atomic E-state index is 13.0. The van der Waals surface area contributed by atoms with E-state index in [9.17, 15) is 24.6 Å². The summed E-state index contributed by atoms with van der Waals surface area (Å²) in [7, 11) is 0. The van der Waals surface area contributed by atoms with E-state index in [0.717, 1.165) is 0 Å². The van der Waals surface area contributed by atoms with Crippen molar-refractivity contribution < 1.29 is 29.7 Å². The summed E-state index contributed by atoms with van der Waals surface area (Å²) in [6.45, 7) is 3.42. The van der Waals surface area contributed by atoms with Gasteiger partial charge in [-0.05, 0) is 69.9 Å². The van der Waals surface area contributed by atoms with Gasteiger partial charge < -0.3 is 15.3 Å². The summed E-state index contributed by atoms with van der Waals surface area (Å²) in [4.78, 5) is 35.3. The van der Waals surface area contributed by atoms with Gasteiger partial charge in [0.15, 0.2) is 0 Å². The number of carboxylic acids is 2. The maximum Gasteiger partial charge on any atom is 0.335 e. The lowest BCUT2D eigenvalue weighted by Crippen LogP contribution is -2.23. The van der Waals surface area contributed by atoms with E-state index in [2.05, 4.69) is 10.2 Å². The zero-order valence-corrected chi connectivity index (χ0v) is 18.2. The number of aromatic nitrogens is 2. The highest BCUT2D eigenvalue weighted by molar-refractivity contribution is 6.32. The van der Waals surface area contributed by atoms with E-state index in [-0.39, 0.29) is 23.4 Å². The minimum Gasteiger partial charge on any atom is -0.493 e. The Kier molecular flexibility index (Phi) is 5.75. The Labute approximate surface area is 189 Å². The van der Waals surface area contributed by atoms with E-state index in [1.165, 1.54) is 34.0 Å². The van der Waals surface area contributed by atoms with E-state index in [0.29, 0.717) is 53.9 Å². The topological polar surface area (TPSA) is 145 Å². The van der Waals surface area contributed by atoms with Crippen LogP contribution in [0.4, 0.5) is 5.69 Å². The molecule has 4 rings (SSSR count). The van der Waals surface area contributed by atoms with Gasteiger partial charge in [-0.1, -0.05) is 0 Å². The zero-order chi connectivity index (χ0) is 23.9. The van der Waals surface area contributed by atoms with Crippen LogP contribution in [0.3, 0.4) is 0 Å². The second-order valence-electron chi connectivity index (χ2n) is 8.32. The number of aromatic carboxylic acids is 1. The average molecular weight is 452 g/mol. The monoisotopic (exact) mass is 452 g/mol. The van der Waals surface area contributed by atoms with Crippen LogP contribution in [0.2, 0.25) is 0 Å². The Morgan fingerprint density at radius 2 is 1.70 bits per heavy atom. The molecule has 1 aliphatic carbocycles. The van der Waals surface area contributed by atoms with E-state index in [4.69, 9.17) is 5.11 Å². The van der Waals surface area contributed by atoms with Gasteiger partial charge >= 0.3 is 11.9 Å². The summed E-state index contributed by atoms with van der Waals surface area (Å²) in [5.74, 6) is -2.69. The van der Waals surface area contributed by atoms with Crippen LogP contribution in [0.1, 0.15) is 60.3 Å². The Morgan fingerprint density at radius 3 is 2.27 bits per heavy atom. The number of rotatable bonds is 5. The van der Waals surface area contributed by atoms with Crippen molar-refractivity contribution in [3.8, 4) is 5.88 Å². The molecular formula is C23H24N4O6. The molecule has 2 heterocycles. The summed E-state index contributed by atoms with van der Waals surface area (Å²) >= 11 is 0. The largest absolute Gasteiger partial charge is 0.493 e. The second-order valence-corrected chi connectivity index (χ2v) is 8.32. The van der Waals surface area contributed by atoms with Gasteiger partial charge in [-0.3, -0.25) is 9.59 Å². The van der Waals surface area contributed by atoms with Gasteiger partial charge in [0, 0.05) is 0 Å². The van der Waals surface area contributed by atoms with E-state index in [1.54, 1.807) is 19.9 Å². The third kappa shape index (κ3) is 4.11. The Morgan fingerprint density at radius 1 is 1.06 bits per heavy atom. The van der Waals surface area contributed by atoms with E-state index in [1.807, 2.05) is 0 Å². The molecule has 2 aliphatic rings. The maximum absolute atomic E-state index is 13.0. The molecule has 1 fully saturated rings. The number of anilines is 1. The van der Waals surface area contributed by atoms with E-state index >= 15 is 0 Å². The minimum absolute atomic E-state index is 0.0661. The first-order valence-corrected chi connectivity index (χ1v) is 10.6. The molecule has 2 aromatic rings. The Balaban J connectivity index is 1.58. The molecule has 3 N–H and O–H groups in total. The number of hydrazone groups is 1. The molecule has 1 saturated carbocycles. The third-order valence-electron chi connectivity index (χ3n) is 6.21. The first-order chi connectivity index (χ1) is 15.7. The van der Waals surface area contributed by atoms with Crippen LogP contribution < -0.4 is 5.01 Å². The van der Waals surface area contributed by atoms with Crippen LogP contribution in [0.15, 0.2) is 34.9 Å². The highest BCUT2D eigenvalue weighted by atomic mass is 16.4. The molecule has 33 heavy (non-hydrogen) atoms. The highest BCUT2D eigenvalue weighted by Crippen LogP contribution is 2.37. The SMILES string of the molecule is CC1=NN(c2ccc(C(=O)O)cc2)C(=O)/C1=C\c1c(C)nn(C2CCC(C(=O)O)CC2)c1O. The molecule has 1 aromatic heterocycles. The molecular weight excluding hydrogens is 428 g/mol. The lowest BCUT2D eigenvalue weighted by atomic mass is 9.86. The van der Waals surface area contributed by atoms with Gasteiger partial charge in [-0.2, -0.15) is 15.2 Å². The lowest BCUT2D eigenvalue weighted by Gasteiger charge is -2.26. The van der Waals surface area contributed by atoms with Crippen LogP contribution in [0, 0.1) is 12.8 Å². The number of amides is 1. The molecule has 10 heteroatoms.